The van der Waals surface area contributed by atoms with Gasteiger partial charge in [0, 0.05) is 0 Å². The van der Waals surface area contributed by atoms with Crippen molar-refractivity contribution in [3.63, 3.8) is 0 Å². The van der Waals surface area contributed by atoms with Crippen LogP contribution in [0, 0.1) is 0 Å². The molecule has 0 rings (SSSR count). The molecule has 0 saturated carbocycles. The smallest absolute Gasteiger partial charge is 0.430 e. The number of hydrogen-bond donors (Lipinski definition) is 1. The van der Waals surface area contributed by atoms with E-state index < -0.39 is 23.7 Å². The third-order valence-corrected chi connectivity index (χ3v) is 1.07. The fraction of sp³-hybridized carbons (Fsp3) is 0.429. The lowest BCUT2D eigenvalue weighted by molar-refractivity contribution is -0.155. The number of hydrogen-bond acceptors (Lipinski definition) is 3. The Balaban J connectivity index is 4.21. The Bertz CT molecular complexity index is 259. The van der Waals surface area contributed by atoms with Crippen molar-refractivity contribution in [2.75, 3.05) is 6.61 Å². The monoisotopic (exact) mass is 211 g/mol. The van der Waals surface area contributed by atoms with Crippen LogP contribution >= 0.6 is 0 Å². The first kappa shape index (κ1) is 12.5. The zero-order valence-electron chi connectivity index (χ0n) is 7.27. The highest BCUT2D eigenvalue weighted by atomic mass is 19.4. The van der Waals surface area contributed by atoms with Crippen LogP contribution in [0.4, 0.5) is 13.2 Å². The van der Waals surface area contributed by atoms with E-state index >= 15 is 0 Å². The Labute approximate surface area is 77.7 Å². The summed E-state index contributed by atoms with van der Waals surface area (Å²) in [5.41, 5.74) is -1.50. The van der Waals surface area contributed by atoms with E-state index in [4.69, 9.17) is 0 Å². The average molecular weight is 211 g/mol. The Kier molecular flexibility index (Phi) is 4.13. The number of nitrogens with one attached hydrogen (secondary N) is 1. The first-order valence-electron chi connectivity index (χ1n) is 3.53. The first-order valence-corrected chi connectivity index (χ1v) is 3.53. The zero-order valence-corrected chi connectivity index (χ0v) is 7.27. The Morgan fingerprint density at radius 2 is 1.93 bits per heavy atom. The molecule has 0 fully saturated rings. The summed E-state index contributed by atoms with van der Waals surface area (Å²) in [5.74, 6) is -2.87. The molecule has 1 amide bonds. The highest BCUT2D eigenvalue weighted by molar-refractivity contribution is 6.32. The summed E-state index contributed by atoms with van der Waals surface area (Å²) in [5, 5.41) is 1.27. The molecule has 7 heteroatoms. The maximum absolute atomic E-state index is 11.8. The van der Waals surface area contributed by atoms with Crippen molar-refractivity contribution in [3.05, 3.63) is 12.3 Å². The second kappa shape index (κ2) is 4.64. The lowest BCUT2D eigenvalue weighted by Crippen LogP contribution is -2.36. The molecule has 0 aromatic carbocycles. The minimum Gasteiger partial charge on any atom is -0.459 e. The maximum Gasteiger partial charge on any atom is 0.430 e. The Morgan fingerprint density at radius 3 is 2.29 bits per heavy atom. The molecule has 0 aliphatic heterocycles. The molecule has 0 radical (unpaired) electrons. The molecule has 0 heterocycles. The van der Waals surface area contributed by atoms with Gasteiger partial charge in [0.05, 0.1) is 6.61 Å². The molecule has 0 bridgehead atoms. The number of esters is 1. The van der Waals surface area contributed by atoms with Gasteiger partial charge in [0.15, 0.2) is 0 Å². The highest BCUT2D eigenvalue weighted by Gasteiger charge is 2.34. The summed E-state index contributed by atoms with van der Waals surface area (Å²) in [4.78, 5) is 21.2. The van der Waals surface area contributed by atoms with Gasteiger partial charge in [0.25, 0.3) is 0 Å². The predicted molar refractivity (Wildman–Crippen MR) is 40.0 cm³/mol. The highest BCUT2D eigenvalue weighted by Crippen LogP contribution is 2.21. The van der Waals surface area contributed by atoms with E-state index in [0.717, 1.165) is 0 Å². The molecule has 4 nitrogen and oxygen atoms in total. The SMILES string of the molecule is C=C(NC(=O)C(=O)OCC)C(F)(F)F. The maximum atomic E-state index is 11.8. The van der Waals surface area contributed by atoms with E-state index in [1.807, 2.05) is 0 Å². The second-order valence-electron chi connectivity index (χ2n) is 2.15. The van der Waals surface area contributed by atoms with Crippen LogP contribution in [0.5, 0.6) is 0 Å². The summed E-state index contributed by atoms with van der Waals surface area (Å²) in [6.45, 7) is 3.87. The number of allylic oxidation sites excluding steroid dienone is 1. The average Bonchev–Trinajstić information content (AvgIpc) is 2.02. The zero-order chi connectivity index (χ0) is 11.4. The van der Waals surface area contributed by atoms with Crippen LogP contribution in [-0.4, -0.2) is 24.7 Å². The summed E-state index contributed by atoms with van der Waals surface area (Å²) >= 11 is 0. The largest absolute Gasteiger partial charge is 0.459 e. The fourth-order valence-electron chi connectivity index (χ4n) is 0.456. The van der Waals surface area contributed by atoms with Crippen molar-refractivity contribution >= 4 is 11.9 Å². The van der Waals surface area contributed by atoms with E-state index in [-0.39, 0.29) is 6.61 Å². The molecule has 0 aliphatic rings. The number of carbonyl (C=O) groups excluding carboxylic acids is 2. The van der Waals surface area contributed by atoms with Gasteiger partial charge in [-0.05, 0) is 6.92 Å². The van der Waals surface area contributed by atoms with Gasteiger partial charge in [-0.15, -0.1) is 0 Å². The molecule has 14 heavy (non-hydrogen) atoms. The van der Waals surface area contributed by atoms with Gasteiger partial charge in [-0.1, -0.05) is 6.58 Å². The van der Waals surface area contributed by atoms with Crippen LogP contribution in [0.2, 0.25) is 0 Å². The number of rotatable bonds is 2. The van der Waals surface area contributed by atoms with Gasteiger partial charge in [-0.2, -0.15) is 13.2 Å². The van der Waals surface area contributed by atoms with Gasteiger partial charge in [0.1, 0.15) is 5.70 Å². The number of carbonyl (C=O) groups is 2. The summed E-state index contributed by atoms with van der Waals surface area (Å²) in [7, 11) is 0. The number of ether oxygens (including phenoxy) is 1. The molecule has 0 aromatic heterocycles. The van der Waals surface area contributed by atoms with Gasteiger partial charge in [0.2, 0.25) is 0 Å². The third kappa shape index (κ3) is 3.92. The second-order valence-corrected chi connectivity index (χ2v) is 2.15. The molecule has 0 aromatic rings. The Morgan fingerprint density at radius 1 is 1.43 bits per heavy atom. The molecule has 0 spiro atoms. The molecule has 0 aliphatic carbocycles. The van der Waals surface area contributed by atoms with Gasteiger partial charge in [-0.3, -0.25) is 4.79 Å². The number of halogens is 3. The number of alkyl halides is 3. The predicted octanol–water partition coefficient (Wildman–Crippen LogP) is 0.742. The van der Waals surface area contributed by atoms with E-state index in [9.17, 15) is 22.8 Å². The van der Waals surface area contributed by atoms with Crippen molar-refractivity contribution in [1.29, 1.82) is 0 Å². The van der Waals surface area contributed by atoms with Crippen LogP contribution in [0.3, 0.4) is 0 Å². The molecule has 0 atom stereocenters. The first-order chi connectivity index (χ1) is 6.29. The number of amides is 1. The van der Waals surface area contributed by atoms with E-state index in [0.29, 0.717) is 0 Å². The van der Waals surface area contributed by atoms with Crippen LogP contribution < -0.4 is 5.32 Å². The topological polar surface area (TPSA) is 55.4 Å². The van der Waals surface area contributed by atoms with Crippen LogP contribution in [-0.2, 0) is 14.3 Å². The molecule has 1 N–H and O–H groups in total. The van der Waals surface area contributed by atoms with E-state index in [2.05, 4.69) is 11.3 Å². The van der Waals surface area contributed by atoms with E-state index in [1.165, 1.54) is 12.2 Å². The van der Waals surface area contributed by atoms with E-state index in [1.54, 1.807) is 0 Å². The van der Waals surface area contributed by atoms with Crippen LogP contribution in [0.25, 0.3) is 0 Å². The standard InChI is InChI=1S/C7H8F3NO3/c1-3-14-6(13)5(12)11-4(2)7(8,9)10/h2-3H2,1H3,(H,11,12). The molecular formula is C7H8F3NO3. The Hall–Kier alpha value is -1.53. The minimum absolute atomic E-state index is 0.0925. The van der Waals surface area contributed by atoms with Gasteiger partial charge < -0.3 is 10.1 Å². The fourth-order valence-corrected chi connectivity index (χ4v) is 0.456. The summed E-state index contributed by atoms with van der Waals surface area (Å²) in [6, 6.07) is 0. The van der Waals surface area contributed by atoms with Crippen molar-refractivity contribution in [2.24, 2.45) is 0 Å². The van der Waals surface area contributed by atoms with Crippen molar-refractivity contribution in [1.82, 2.24) is 5.32 Å². The van der Waals surface area contributed by atoms with Gasteiger partial charge >= 0.3 is 18.1 Å². The normalized spacial score (nSPS) is 10.6. The third-order valence-electron chi connectivity index (χ3n) is 1.07. The molecule has 0 saturated heterocycles. The summed E-state index contributed by atoms with van der Waals surface area (Å²) in [6.07, 6.45) is -4.76. The van der Waals surface area contributed by atoms with Crippen molar-refractivity contribution in [2.45, 2.75) is 13.1 Å². The van der Waals surface area contributed by atoms with Crippen molar-refractivity contribution < 1.29 is 27.5 Å². The van der Waals surface area contributed by atoms with Crippen LogP contribution in [0.1, 0.15) is 6.92 Å². The summed E-state index contributed by atoms with van der Waals surface area (Å²) < 4.78 is 39.5. The molecule has 0 unspecified atom stereocenters. The molecular weight excluding hydrogens is 203 g/mol. The van der Waals surface area contributed by atoms with Crippen LogP contribution in [0.15, 0.2) is 12.3 Å². The van der Waals surface area contributed by atoms with Crippen molar-refractivity contribution in [3.8, 4) is 0 Å². The lowest BCUT2D eigenvalue weighted by Gasteiger charge is -2.10. The lowest BCUT2D eigenvalue weighted by atomic mass is 10.4. The quantitative estimate of drug-likeness (QED) is 0.541. The van der Waals surface area contributed by atoms with Gasteiger partial charge in [-0.25, -0.2) is 4.79 Å². The molecule has 80 valence electrons. The minimum atomic E-state index is -4.76.